The van der Waals surface area contributed by atoms with E-state index in [0.29, 0.717) is 22.5 Å². The number of para-hydroxylation sites is 1. The molecular weight excluding hydrogens is 344 g/mol. The smallest absolute Gasteiger partial charge is 0.245 e. The molecule has 0 bridgehead atoms. The van der Waals surface area contributed by atoms with Gasteiger partial charge in [0.25, 0.3) is 0 Å². The highest BCUT2D eigenvalue weighted by Gasteiger charge is 2.58. The summed E-state index contributed by atoms with van der Waals surface area (Å²) in [5.74, 6) is -0.334. The number of H-pyrrole nitrogens is 1. The van der Waals surface area contributed by atoms with Gasteiger partial charge in [-0.3, -0.25) is 14.9 Å². The van der Waals surface area contributed by atoms with E-state index in [0.717, 1.165) is 5.56 Å². The lowest BCUT2D eigenvalue weighted by Gasteiger charge is -2.31. The number of aromatic nitrogens is 3. The predicted molar refractivity (Wildman–Crippen MR) is 95.1 cm³/mol. The largest absolute Gasteiger partial charge is 0.420 e. The van der Waals surface area contributed by atoms with Gasteiger partial charge in [0, 0.05) is 29.2 Å². The van der Waals surface area contributed by atoms with Gasteiger partial charge in [-0.25, -0.2) is 0 Å². The molecule has 2 aliphatic rings. The predicted octanol–water partition coefficient (Wildman–Crippen LogP) is 1.80. The van der Waals surface area contributed by atoms with Crippen LogP contribution in [0.3, 0.4) is 0 Å². The van der Waals surface area contributed by atoms with Crippen molar-refractivity contribution in [2.45, 2.75) is 5.41 Å². The molecule has 1 spiro atoms. The van der Waals surface area contributed by atoms with Crippen LogP contribution >= 0.6 is 0 Å². The summed E-state index contributed by atoms with van der Waals surface area (Å²) in [6.07, 6.45) is 3.27. The molecule has 8 nitrogen and oxygen atoms in total. The van der Waals surface area contributed by atoms with Crippen molar-refractivity contribution in [1.29, 1.82) is 5.26 Å². The van der Waals surface area contributed by atoms with E-state index in [1.807, 2.05) is 12.1 Å². The number of hydrogen-bond acceptors (Lipinski definition) is 6. The molecule has 0 saturated carbocycles. The molecule has 5 rings (SSSR count). The van der Waals surface area contributed by atoms with E-state index >= 15 is 0 Å². The molecule has 1 aromatic carbocycles. The lowest BCUT2D eigenvalue weighted by atomic mass is 9.68. The van der Waals surface area contributed by atoms with Crippen molar-refractivity contribution < 1.29 is 9.53 Å². The van der Waals surface area contributed by atoms with Gasteiger partial charge in [-0.1, -0.05) is 18.2 Å². The molecule has 130 valence electrons. The molecule has 0 radical (unpaired) electrons. The summed E-state index contributed by atoms with van der Waals surface area (Å²) < 4.78 is 5.58. The van der Waals surface area contributed by atoms with Crippen molar-refractivity contribution in [1.82, 2.24) is 15.2 Å². The van der Waals surface area contributed by atoms with Gasteiger partial charge in [0.15, 0.2) is 0 Å². The number of carbonyl (C=O) groups is 1. The molecule has 8 heteroatoms. The summed E-state index contributed by atoms with van der Waals surface area (Å²) in [6.45, 7) is 0. The SMILES string of the molecule is N#CC1=C(N)Oc2n[nH]c(-c3ccncc3)c2[C@]12C(=O)Nc1ccccc12. The normalized spacial score (nSPS) is 19.9. The van der Waals surface area contributed by atoms with Crippen LogP contribution in [0, 0.1) is 11.3 Å². The maximum absolute atomic E-state index is 13.3. The van der Waals surface area contributed by atoms with Crippen LogP contribution < -0.4 is 15.8 Å². The number of nitrogens with one attached hydrogen (secondary N) is 2. The molecule has 1 amide bonds. The van der Waals surface area contributed by atoms with E-state index in [9.17, 15) is 10.1 Å². The van der Waals surface area contributed by atoms with E-state index < -0.39 is 5.41 Å². The van der Waals surface area contributed by atoms with Crippen molar-refractivity contribution >= 4 is 11.6 Å². The maximum Gasteiger partial charge on any atom is 0.245 e. The number of carbonyl (C=O) groups excluding carboxylic acids is 1. The number of pyridine rings is 1. The zero-order valence-corrected chi connectivity index (χ0v) is 13.9. The zero-order valence-electron chi connectivity index (χ0n) is 13.9. The third-order valence-electron chi connectivity index (χ3n) is 4.94. The second kappa shape index (κ2) is 5.19. The first-order valence-corrected chi connectivity index (χ1v) is 8.16. The number of nitrogens with zero attached hydrogens (tertiary/aromatic N) is 3. The molecule has 4 N–H and O–H groups in total. The second-order valence-corrected chi connectivity index (χ2v) is 6.22. The number of benzene rings is 1. The highest BCUT2D eigenvalue weighted by Crippen LogP contribution is 2.55. The van der Waals surface area contributed by atoms with E-state index in [1.54, 1.807) is 36.7 Å². The molecule has 0 fully saturated rings. The fraction of sp³-hybridized carbons (Fsp3) is 0.0526. The van der Waals surface area contributed by atoms with Crippen LogP contribution in [0.5, 0.6) is 5.88 Å². The van der Waals surface area contributed by atoms with Crippen molar-refractivity contribution in [3.63, 3.8) is 0 Å². The standard InChI is InChI=1S/C19H12N6O2/c20-9-12-16(21)27-17-14(15(24-25-17)10-5-7-22-8-6-10)19(12)11-3-1-2-4-13(11)23-18(19)26/h1-8H,21H2,(H,23,26)(H,24,25)/t19-/m1/s1. The summed E-state index contributed by atoms with van der Waals surface area (Å²) in [7, 11) is 0. The Morgan fingerprint density at radius 3 is 2.74 bits per heavy atom. The van der Waals surface area contributed by atoms with Crippen molar-refractivity contribution in [3.8, 4) is 23.2 Å². The quantitative estimate of drug-likeness (QED) is 0.609. The molecule has 1 atom stereocenters. The average Bonchev–Trinajstić information content (AvgIpc) is 3.23. The molecule has 0 aliphatic carbocycles. The highest BCUT2D eigenvalue weighted by molar-refractivity contribution is 6.13. The molecule has 0 unspecified atom stereocenters. The molecule has 27 heavy (non-hydrogen) atoms. The summed E-state index contributed by atoms with van der Waals surface area (Å²) in [4.78, 5) is 17.3. The summed E-state index contributed by atoms with van der Waals surface area (Å²) in [6, 6.07) is 12.9. The number of fused-ring (bicyclic) bond motifs is 4. The van der Waals surface area contributed by atoms with E-state index in [4.69, 9.17) is 10.5 Å². The van der Waals surface area contributed by atoms with Gasteiger partial charge >= 0.3 is 0 Å². The second-order valence-electron chi connectivity index (χ2n) is 6.22. The number of nitriles is 1. The Balaban J connectivity index is 1.92. The lowest BCUT2D eigenvalue weighted by molar-refractivity contribution is -0.118. The highest BCUT2D eigenvalue weighted by atomic mass is 16.5. The van der Waals surface area contributed by atoms with Gasteiger partial charge in [-0.2, -0.15) is 5.26 Å². The number of rotatable bonds is 1. The lowest BCUT2D eigenvalue weighted by Crippen LogP contribution is -2.42. The van der Waals surface area contributed by atoms with Crippen LogP contribution in [0.15, 0.2) is 60.2 Å². The van der Waals surface area contributed by atoms with Crippen LogP contribution in [0.2, 0.25) is 0 Å². The summed E-state index contributed by atoms with van der Waals surface area (Å²) in [5, 5.41) is 19.9. The van der Waals surface area contributed by atoms with Gasteiger partial charge in [0.05, 0.1) is 11.3 Å². The molecule has 2 aromatic heterocycles. The van der Waals surface area contributed by atoms with Crippen LogP contribution in [0.4, 0.5) is 5.69 Å². The number of aromatic amines is 1. The minimum atomic E-state index is -1.44. The number of ether oxygens (including phenoxy) is 1. The number of nitrogens with two attached hydrogens (primary N) is 1. The Hall–Kier alpha value is -4.12. The van der Waals surface area contributed by atoms with Crippen molar-refractivity contribution in [2.75, 3.05) is 5.32 Å². The first-order valence-electron chi connectivity index (χ1n) is 8.16. The van der Waals surface area contributed by atoms with Gasteiger partial charge in [-0.15, -0.1) is 5.10 Å². The van der Waals surface area contributed by atoms with Gasteiger partial charge in [-0.05, 0) is 18.2 Å². The summed E-state index contributed by atoms with van der Waals surface area (Å²) >= 11 is 0. The fourth-order valence-corrected chi connectivity index (χ4v) is 3.83. The Morgan fingerprint density at radius 2 is 1.96 bits per heavy atom. The first-order chi connectivity index (χ1) is 13.2. The van der Waals surface area contributed by atoms with Gasteiger partial charge < -0.3 is 15.8 Å². The monoisotopic (exact) mass is 356 g/mol. The minimum Gasteiger partial charge on any atom is -0.420 e. The fourth-order valence-electron chi connectivity index (χ4n) is 3.83. The molecule has 4 heterocycles. The van der Waals surface area contributed by atoms with Crippen molar-refractivity contribution in [3.05, 3.63) is 71.4 Å². The number of anilines is 1. The summed E-state index contributed by atoms with van der Waals surface area (Å²) in [5.41, 5.74) is 7.67. The Morgan fingerprint density at radius 1 is 1.19 bits per heavy atom. The Labute approximate surface area is 153 Å². The third-order valence-corrected chi connectivity index (χ3v) is 4.94. The van der Waals surface area contributed by atoms with Gasteiger partial charge in [0.2, 0.25) is 17.7 Å². The average molecular weight is 356 g/mol. The molecule has 2 aliphatic heterocycles. The van der Waals surface area contributed by atoms with Gasteiger partial charge in [0.1, 0.15) is 17.1 Å². The third kappa shape index (κ3) is 1.77. The minimum absolute atomic E-state index is 0.0363. The Kier molecular flexibility index (Phi) is 2.91. The number of amides is 1. The van der Waals surface area contributed by atoms with Crippen LogP contribution in [0.1, 0.15) is 11.1 Å². The van der Waals surface area contributed by atoms with E-state index in [2.05, 4.69) is 26.6 Å². The maximum atomic E-state index is 13.3. The first kappa shape index (κ1) is 15.2. The topological polar surface area (TPSA) is 130 Å². The van der Waals surface area contributed by atoms with E-state index in [1.165, 1.54) is 0 Å². The van der Waals surface area contributed by atoms with Crippen LogP contribution in [-0.4, -0.2) is 21.1 Å². The van der Waals surface area contributed by atoms with Crippen LogP contribution in [-0.2, 0) is 10.2 Å². The van der Waals surface area contributed by atoms with E-state index in [-0.39, 0.29) is 23.2 Å². The molecular formula is C19H12N6O2. The zero-order chi connectivity index (χ0) is 18.6. The van der Waals surface area contributed by atoms with Crippen molar-refractivity contribution in [2.24, 2.45) is 5.73 Å². The number of hydrogen-bond donors (Lipinski definition) is 3. The van der Waals surface area contributed by atoms with Crippen LogP contribution in [0.25, 0.3) is 11.3 Å². The molecule has 0 saturated heterocycles. The Bertz CT molecular complexity index is 1170. The molecule has 3 aromatic rings.